The minimum absolute atomic E-state index is 0.0358. The molecule has 0 aliphatic carbocycles. The molecule has 0 aliphatic rings. The fraction of sp³-hybridized carbons (Fsp3) is 0.278. The number of nitrogens with zero attached hydrogens (tertiary/aromatic N) is 1. The first-order valence-corrected chi connectivity index (χ1v) is 7.09. The highest BCUT2D eigenvalue weighted by molar-refractivity contribution is 5.95. The van der Waals surface area contributed by atoms with Crippen LogP contribution in [-0.4, -0.2) is 31.5 Å². The first kappa shape index (κ1) is 15.3. The minimum Gasteiger partial charge on any atom is -0.376 e. The molecule has 0 N–H and O–H groups in total. The van der Waals surface area contributed by atoms with Crippen LogP contribution in [0.2, 0.25) is 0 Å². The van der Waals surface area contributed by atoms with Crippen molar-refractivity contribution in [3.05, 3.63) is 71.3 Å². The number of rotatable bonds is 6. The van der Waals surface area contributed by atoms with Crippen LogP contribution in [0.15, 0.2) is 54.6 Å². The van der Waals surface area contributed by atoms with E-state index < -0.39 is 0 Å². The molecule has 3 nitrogen and oxygen atoms in total. The topological polar surface area (TPSA) is 29.5 Å². The van der Waals surface area contributed by atoms with Crippen molar-refractivity contribution in [2.45, 2.75) is 13.0 Å². The lowest BCUT2D eigenvalue weighted by molar-refractivity contribution is 0.0825. The Bertz CT molecular complexity index is 579. The van der Waals surface area contributed by atoms with Gasteiger partial charge in [0.25, 0.3) is 5.91 Å². The second kappa shape index (κ2) is 7.60. The molecule has 0 atom stereocenters. The van der Waals surface area contributed by atoms with Crippen LogP contribution >= 0.6 is 0 Å². The maximum Gasteiger partial charge on any atom is 0.253 e. The summed E-state index contributed by atoms with van der Waals surface area (Å²) in [5.74, 6) is 0.0358. The number of amides is 1. The van der Waals surface area contributed by atoms with Gasteiger partial charge in [-0.05, 0) is 23.6 Å². The van der Waals surface area contributed by atoms with E-state index in [2.05, 4.69) is 0 Å². The Morgan fingerprint density at radius 1 is 1.00 bits per heavy atom. The average Bonchev–Trinajstić information content (AvgIpc) is 2.52. The van der Waals surface area contributed by atoms with E-state index in [1.807, 2.05) is 54.6 Å². The molecule has 0 fully saturated rings. The van der Waals surface area contributed by atoms with Gasteiger partial charge in [0, 0.05) is 19.7 Å². The molecule has 2 rings (SSSR count). The lowest BCUT2D eigenvalue weighted by Gasteiger charge is -2.14. The highest BCUT2D eigenvalue weighted by Gasteiger charge is 2.12. The highest BCUT2D eigenvalue weighted by Crippen LogP contribution is 2.12. The zero-order valence-corrected chi connectivity index (χ0v) is 12.6. The van der Waals surface area contributed by atoms with E-state index in [-0.39, 0.29) is 5.91 Å². The molecule has 0 saturated heterocycles. The molecule has 0 aromatic heterocycles. The van der Waals surface area contributed by atoms with Crippen LogP contribution in [0.1, 0.15) is 21.5 Å². The van der Waals surface area contributed by atoms with Gasteiger partial charge < -0.3 is 9.64 Å². The van der Waals surface area contributed by atoms with Crippen LogP contribution in [0.5, 0.6) is 0 Å². The SMILES string of the molecule is CN(C)C(=O)c1ccccc1CCOCc1ccccc1. The summed E-state index contributed by atoms with van der Waals surface area (Å²) in [6.45, 7) is 1.21. The number of hydrogen-bond donors (Lipinski definition) is 0. The third kappa shape index (κ3) is 4.43. The van der Waals surface area contributed by atoms with Crippen LogP contribution < -0.4 is 0 Å². The second-order valence-corrected chi connectivity index (χ2v) is 5.14. The minimum atomic E-state index is 0.0358. The lowest BCUT2D eigenvalue weighted by Crippen LogP contribution is -2.23. The van der Waals surface area contributed by atoms with Gasteiger partial charge in [0.2, 0.25) is 0 Å². The monoisotopic (exact) mass is 283 g/mol. The Hall–Kier alpha value is -2.13. The fourth-order valence-electron chi connectivity index (χ4n) is 2.13. The molecule has 3 heteroatoms. The zero-order valence-electron chi connectivity index (χ0n) is 12.6. The van der Waals surface area contributed by atoms with Gasteiger partial charge in [0.1, 0.15) is 0 Å². The van der Waals surface area contributed by atoms with Gasteiger partial charge in [0.05, 0.1) is 13.2 Å². The maximum absolute atomic E-state index is 12.1. The molecule has 0 radical (unpaired) electrons. The van der Waals surface area contributed by atoms with Crippen LogP contribution in [0.3, 0.4) is 0 Å². The molecule has 0 spiro atoms. The number of benzene rings is 2. The van der Waals surface area contributed by atoms with Gasteiger partial charge >= 0.3 is 0 Å². The number of hydrogen-bond acceptors (Lipinski definition) is 2. The number of carbonyl (C=O) groups excluding carboxylic acids is 1. The third-order valence-electron chi connectivity index (χ3n) is 3.28. The van der Waals surface area contributed by atoms with Gasteiger partial charge in [-0.1, -0.05) is 48.5 Å². The normalized spacial score (nSPS) is 10.4. The van der Waals surface area contributed by atoms with E-state index in [0.29, 0.717) is 13.2 Å². The largest absolute Gasteiger partial charge is 0.376 e. The van der Waals surface area contributed by atoms with Gasteiger partial charge in [-0.2, -0.15) is 0 Å². The lowest BCUT2D eigenvalue weighted by atomic mass is 10.0. The molecular weight excluding hydrogens is 262 g/mol. The highest BCUT2D eigenvalue weighted by atomic mass is 16.5. The van der Waals surface area contributed by atoms with E-state index in [1.165, 1.54) is 0 Å². The van der Waals surface area contributed by atoms with Gasteiger partial charge in [-0.25, -0.2) is 0 Å². The van der Waals surface area contributed by atoms with Crippen LogP contribution in [-0.2, 0) is 17.8 Å². The summed E-state index contributed by atoms with van der Waals surface area (Å²) in [5, 5.41) is 0. The summed E-state index contributed by atoms with van der Waals surface area (Å²) in [6, 6.07) is 17.8. The van der Waals surface area contributed by atoms with Crippen molar-refractivity contribution in [1.29, 1.82) is 0 Å². The van der Waals surface area contributed by atoms with Gasteiger partial charge in [-0.3, -0.25) is 4.79 Å². The molecule has 21 heavy (non-hydrogen) atoms. The Morgan fingerprint density at radius 2 is 1.67 bits per heavy atom. The van der Waals surface area contributed by atoms with E-state index in [4.69, 9.17) is 4.74 Å². The summed E-state index contributed by atoms with van der Waals surface area (Å²) in [5.41, 5.74) is 2.95. The summed E-state index contributed by atoms with van der Waals surface area (Å²) >= 11 is 0. The molecule has 0 unspecified atom stereocenters. The molecule has 2 aromatic carbocycles. The Labute approximate surface area is 126 Å². The standard InChI is InChI=1S/C18H21NO2/c1-19(2)18(20)17-11-7-6-10-16(17)12-13-21-14-15-8-4-3-5-9-15/h3-11H,12-14H2,1-2H3. The van der Waals surface area contributed by atoms with Crippen LogP contribution in [0, 0.1) is 0 Å². The van der Waals surface area contributed by atoms with Crippen molar-refractivity contribution in [1.82, 2.24) is 4.90 Å². The average molecular weight is 283 g/mol. The Morgan fingerprint density at radius 3 is 2.38 bits per heavy atom. The maximum atomic E-state index is 12.1. The van der Waals surface area contributed by atoms with Crippen molar-refractivity contribution in [3.8, 4) is 0 Å². The summed E-state index contributed by atoms with van der Waals surface area (Å²) in [7, 11) is 3.54. The first-order chi connectivity index (χ1) is 10.2. The molecular formula is C18H21NO2. The zero-order chi connectivity index (χ0) is 15.1. The fourth-order valence-corrected chi connectivity index (χ4v) is 2.13. The second-order valence-electron chi connectivity index (χ2n) is 5.14. The molecule has 0 bridgehead atoms. The van der Waals surface area contributed by atoms with Crippen LogP contribution in [0.25, 0.3) is 0 Å². The molecule has 2 aromatic rings. The number of ether oxygens (including phenoxy) is 1. The van der Waals surface area contributed by atoms with Gasteiger partial charge in [0.15, 0.2) is 0 Å². The molecule has 1 amide bonds. The summed E-state index contributed by atoms with van der Waals surface area (Å²) < 4.78 is 5.69. The van der Waals surface area contributed by atoms with E-state index in [0.717, 1.165) is 23.1 Å². The van der Waals surface area contributed by atoms with Crippen molar-refractivity contribution in [2.24, 2.45) is 0 Å². The Kier molecular flexibility index (Phi) is 5.52. The molecule has 0 heterocycles. The van der Waals surface area contributed by atoms with Crippen molar-refractivity contribution in [3.63, 3.8) is 0 Å². The molecule has 110 valence electrons. The van der Waals surface area contributed by atoms with Crippen molar-refractivity contribution >= 4 is 5.91 Å². The van der Waals surface area contributed by atoms with Crippen LogP contribution in [0.4, 0.5) is 0 Å². The van der Waals surface area contributed by atoms with Gasteiger partial charge in [-0.15, -0.1) is 0 Å². The third-order valence-corrected chi connectivity index (χ3v) is 3.28. The predicted molar refractivity (Wildman–Crippen MR) is 84.3 cm³/mol. The summed E-state index contributed by atoms with van der Waals surface area (Å²) in [6.07, 6.45) is 0.739. The quantitative estimate of drug-likeness (QED) is 0.762. The van der Waals surface area contributed by atoms with E-state index in [1.54, 1.807) is 19.0 Å². The van der Waals surface area contributed by atoms with E-state index >= 15 is 0 Å². The predicted octanol–water partition coefficient (Wildman–Crippen LogP) is 3.15. The molecule has 0 aliphatic heterocycles. The summed E-state index contributed by atoms with van der Waals surface area (Å²) in [4.78, 5) is 13.7. The molecule has 0 saturated carbocycles. The first-order valence-electron chi connectivity index (χ1n) is 7.09. The van der Waals surface area contributed by atoms with E-state index in [9.17, 15) is 4.79 Å². The van der Waals surface area contributed by atoms with Crippen molar-refractivity contribution in [2.75, 3.05) is 20.7 Å². The smallest absolute Gasteiger partial charge is 0.253 e. The van der Waals surface area contributed by atoms with Crippen molar-refractivity contribution < 1.29 is 9.53 Å². The number of carbonyl (C=O) groups is 1. The Balaban J connectivity index is 1.90.